The highest BCUT2D eigenvalue weighted by Crippen LogP contribution is 2.26. The number of rotatable bonds is 4. The number of hydrogen-bond acceptors (Lipinski definition) is 3. The molecule has 1 atom stereocenters. The van der Waals surface area contributed by atoms with Gasteiger partial charge in [-0.05, 0) is 26.8 Å². The molecule has 1 unspecified atom stereocenters. The maximum absolute atomic E-state index is 12.3. The van der Waals surface area contributed by atoms with Crippen molar-refractivity contribution in [2.75, 3.05) is 20.1 Å². The maximum Gasteiger partial charge on any atom is 0.305 e. The van der Waals surface area contributed by atoms with E-state index in [1.54, 1.807) is 4.90 Å². The zero-order valence-electron chi connectivity index (χ0n) is 11.9. The van der Waals surface area contributed by atoms with Crippen LogP contribution in [0, 0.1) is 5.92 Å². The zero-order chi connectivity index (χ0) is 14.1. The summed E-state index contributed by atoms with van der Waals surface area (Å²) in [6.45, 7) is 9.54. The summed E-state index contributed by atoms with van der Waals surface area (Å²) in [5.74, 6) is -0.603. The van der Waals surface area contributed by atoms with E-state index < -0.39 is 12.0 Å². The van der Waals surface area contributed by atoms with Gasteiger partial charge in [-0.25, -0.2) is 0 Å². The molecule has 0 aromatic heterocycles. The SMILES string of the molecule is CC(C)CN1CC(C)(C)N(C)C(CC(=O)O)C1=O. The van der Waals surface area contributed by atoms with Crippen molar-refractivity contribution in [1.29, 1.82) is 0 Å². The third-order valence-electron chi connectivity index (χ3n) is 3.55. The molecule has 1 aliphatic heterocycles. The summed E-state index contributed by atoms with van der Waals surface area (Å²) in [6, 6.07) is -0.551. The second kappa shape index (κ2) is 5.26. The van der Waals surface area contributed by atoms with E-state index in [0.717, 1.165) is 0 Å². The quantitative estimate of drug-likeness (QED) is 0.816. The topological polar surface area (TPSA) is 60.9 Å². The fourth-order valence-electron chi connectivity index (χ4n) is 2.44. The maximum atomic E-state index is 12.3. The first-order valence-electron chi connectivity index (χ1n) is 6.38. The molecule has 1 saturated heterocycles. The Morgan fingerprint density at radius 2 is 2.06 bits per heavy atom. The largest absolute Gasteiger partial charge is 0.481 e. The van der Waals surface area contributed by atoms with Crippen molar-refractivity contribution >= 4 is 11.9 Å². The summed E-state index contributed by atoms with van der Waals surface area (Å²) >= 11 is 0. The fraction of sp³-hybridized carbons (Fsp3) is 0.846. The van der Waals surface area contributed by atoms with E-state index in [1.165, 1.54) is 0 Å². The minimum Gasteiger partial charge on any atom is -0.481 e. The molecule has 0 radical (unpaired) electrons. The molecule has 1 heterocycles. The number of carboxylic acids is 1. The van der Waals surface area contributed by atoms with Crippen LogP contribution in [0.3, 0.4) is 0 Å². The number of hydrogen-bond donors (Lipinski definition) is 1. The third kappa shape index (κ3) is 3.22. The smallest absolute Gasteiger partial charge is 0.305 e. The van der Waals surface area contributed by atoms with Crippen molar-refractivity contribution < 1.29 is 14.7 Å². The van der Waals surface area contributed by atoms with Gasteiger partial charge in [0.15, 0.2) is 0 Å². The number of carbonyl (C=O) groups is 2. The number of carbonyl (C=O) groups excluding carboxylic acids is 1. The van der Waals surface area contributed by atoms with Crippen molar-refractivity contribution in [3.8, 4) is 0 Å². The summed E-state index contributed by atoms with van der Waals surface area (Å²) in [4.78, 5) is 26.9. The van der Waals surface area contributed by atoms with Crippen LogP contribution in [0.25, 0.3) is 0 Å². The van der Waals surface area contributed by atoms with Crippen LogP contribution in [0.1, 0.15) is 34.1 Å². The number of aliphatic carboxylic acids is 1. The second-order valence-corrected chi connectivity index (χ2v) is 6.15. The molecule has 104 valence electrons. The molecule has 5 nitrogen and oxygen atoms in total. The highest BCUT2D eigenvalue weighted by atomic mass is 16.4. The molecule has 0 aliphatic carbocycles. The lowest BCUT2D eigenvalue weighted by molar-refractivity contribution is -0.155. The van der Waals surface area contributed by atoms with Gasteiger partial charge in [-0.2, -0.15) is 0 Å². The summed E-state index contributed by atoms with van der Waals surface area (Å²) in [5.41, 5.74) is -0.192. The lowest BCUT2D eigenvalue weighted by Crippen LogP contribution is -2.65. The Morgan fingerprint density at radius 3 is 2.50 bits per heavy atom. The monoisotopic (exact) mass is 256 g/mol. The number of piperazine rings is 1. The molecule has 0 spiro atoms. The highest BCUT2D eigenvalue weighted by molar-refractivity contribution is 5.87. The first kappa shape index (κ1) is 15.0. The van der Waals surface area contributed by atoms with E-state index in [-0.39, 0.29) is 17.9 Å². The van der Waals surface area contributed by atoms with Gasteiger partial charge in [0, 0.05) is 18.6 Å². The molecule has 0 saturated carbocycles. The number of nitrogens with zero attached hydrogens (tertiary/aromatic N) is 2. The van der Waals surface area contributed by atoms with E-state index in [9.17, 15) is 9.59 Å². The van der Waals surface area contributed by atoms with Crippen LogP contribution in [0.15, 0.2) is 0 Å². The predicted molar refractivity (Wildman–Crippen MR) is 69.3 cm³/mol. The molecule has 0 aromatic carbocycles. The molecule has 1 fully saturated rings. The van der Waals surface area contributed by atoms with Crippen LogP contribution >= 0.6 is 0 Å². The average Bonchev–Trinajstić information content (AvgIpc) is 2.20. The lowest BCUT2D eigenvalue weighted by atomic mass is 9.93. The van der Waals surface area contributed by atoms with Crippen LogP contribution in [-0.2, 0) is 9.59 Å². The summed E-state index contributed by atoms with van der Waals surface area (Å²) in [7, 11) is 1.83. The summed E-state index contributed by atoms with van der Waals surface area (Å²) < 4.78 is 0. The van der Waals surface area contributed by atoms with E-state index >= 15 is 0 Å². The summed E-state index contributed by atoms with van der Waals surface area (Å²) in [5, 5.41) is 8.94. The van der Waals surface area contributed by atoms with Crippen LogP contribution in [0.2, 0.25) is 0 Å². The van der Waals surface area contributed by atoms with Gasteiger partial charge in [0.2, 0.25) is 5.91 Å². The van der Waals surface area contributed by atoms with Gasteiger partial charge in [0.1, 0.15) is 6.04 Å². The van der Waals surface area contributed by atoms with Gasteiger partial charge >= 0.3 is 5.97 Å². The molecule has 1 amide bonds. The van der Waals surface area contributed by atoms with Crippen LogP contribution in [0.4, 0.5) is 0 Å². The zero-order valence-corrected chi connectivity index (χ0v) is 11.9. The molecule has 0 bridgehead atoms. The Morgan fingerprint density at radius 1 is 1.50 bits per heavy atom. The van der Waals surface area contributed by atoms with E-state index in [1.807, 2.05) is 25.8 Å². The average molecular weight is 256 g/mol. The number of amides is 1. The fourth-order valence-corrected chi connectivity index (χ4v) is 2.44. The number of likely N-dealkylation sites (N-methyl/N-ethyl adjacent to an activating group) is 1. The van der Waals surface area contributed by atoms with Gasteiger partial charge < -0.3 is 10.0 Å². The van der Waals surface area contributed by atoms with E-state index in [0.29, 0.717) is 19.0 Å². The second-order valence-electron chi connectivity index (χ2n) is 6.15. The molecule has 0 aromatic rings. The van der Waals surface area contributed by atoms with Crippen molar-refractivity contribution in [1.82, 2.24) is 9.80 Å². The molecule has 5 heteroatoms. The predicted octanol–water partition coefficient (Wildman–Crippen LogP) is 1.04. The first-order chi connectivity index (χ1) is 8.15. The summed E-state index contributed by atoms with van der Waals surface area (Å²) in [6.07, 6.45) is -0.132. The Bertz CT molecular complexity index is 339. The van der Waals surface area contributed by atoms with Crippen molar-refractivity contribution in [2.45, 2.75) is 45.7 Å². The number of carboxylic acid groups (broad SMARTS) is 1. The Balaban J connectivity index is 2.93. The Hall–Kier alpha value is -1.10. The van der Waals surface area contributed by atoms with Gasteiger partial charge in [0.25, 0.3) is 0 Å². The normalized spacial score (nSPS) is 24.7. The first-order valence-corrected chi connectivity index (χ1v) is 6.38. The molecular formula is C13H24N2O3. The van der Waals surface area contributed by atoms with E-state index in [2.05, 4.69) is 13.8 Å². The van der Waals surface area contributed by atoms with Crippen molar-refractivity contribution in [3.05, 3.63) is 0 Å². The lowest BCUT2D eigenvalue weighted by Gasteiger charge is -2.49. The Labute approximate surface area is 109 Å². The van der Waals surface area contributed by atoms with Gasteiger partial charge in [0.05, 0.1) is 6.42 Å². The molecule has 1 N–H and O–H groups in total. The minimum atomic E-state index is -0.928. The van der Waals surface area contributed by atoms with Gasteiger partial charge in [-0.15, -0.1) is 0 Å². The van der Waals surface area contributed by atoms with Crippen LogP contribution in [-0.4, -0.2) is 58.5 Å². The minimum absolute atomic E-state index is 0.0621. The third-order valence-corrected chi connectivity index (χ3v) is 3.55. The van der Waals surface area contributed by atoms with Crippen LogP contribution < -0.4 is 0 Å². The van der Waals surface area contributed by atoms with Crippen molar-refractivity contribution in [3.63, 3.8) is 0 Å². The molecule has 18 heavy (non-hydrogen) atoms. The van der Waals surface area contributed by atoms with E-state index in [4.69, 9.17) is 5.11 Å². The standard InChI is InChI=1S/C13H24N2O3/c1-9(2)7-15-8-13(3,4)14(5)10(12(15)18)6-11(16)17/h9-10H,6-8H2,1-5H3,(H,16,17). The molecular weight excluding hydrogens is 232 g/mol. The molecule has 1 aliphatic rings. The van der Waals surface area contributed by atoms with Gasteiger partial charge in [-0.1, -0.05) is 13.8 Å². The highest BCUT2D eigenvalue weighted by Gasteiger charge is 2.43. The van der Waals surface area contributed by atoms with Crippen LogP contribution in [0.5, 0.6) is 0 Å². The van der Waals surface area contributed by atoms with Gasteiger partial charge in [-0.3, -0.25) is 14.5 Å². The molecule has 1 rings (SSSR count). The van der Waals surface area contributed by atoms with Crippen molar-refractivity contribution in [2.24, 2.45) is 5.92 Å². The Kier molecular flexibility index (Phi) is 4.37.